The van der Waals surface area contributed by atoms with E-state index in [9.17, 15) is 9.18 Å². The van der Waals surface area contributed by atoms with Crippen LogP contribution in [0.15, 0.2) is 97.3 Å². The van der Waals surface area contributed by atoms with Gasteiger partial charge < -0.3 is 15.4 Å². The van der Waals surface area contributed by atoms with Gasteiger partial charge in [-0.25, -0.2) is 4.39 Å². The van der Waals surface area contributed by atoms with Gasteiger partial charge in [0.1, 0.15) is 17.3 Å². The molecule has 2 aromatic heterocycles. The number of aryl methyl sites for hydroxylation is 1. The number of benzene rings is 3. The van der Waals surface area contributed by atoms with Crippen LogP contribution in [0.5, 0.6) is 11.5 Å². The highest BCUT2D eigenvalue weighted by molar-refractivity contribution is 6.05. The number of pyridine rings is 2. The van der Waals surface area contributed by atoms with E-state index in [1.165, 1.54) is 12.1 Å². The maximum atomic E-state index is 13.8. The molecule has 7 heteroatoms. The summed E-state index contributed by atoms with van der Waals surface area (Å²) in [5.74, 6) is 0.659. The Labute approximate surface area is 201 Å². The van der Waals surface area contributed by atoms with Crippen molar-refractivity contribution in [3.05, 3.63) is 114 Å². The summed E-state index contributed by atoms with van der Waals surface area (Å²) in [4.78, 5) is 21.4. The minimum absolute atomic E-state index is 0.267. The average molecular weight is 465 g/mol. The molecular weight excluding hydrogens is 443 g/mol. The Morgan fingerprint density at radius 1 is 0.829 bits per heavy atom. The molecule has 1 amide bonds. The fourth-order valence-corrected chi connectivity index (χ4v) is 3.68. The zero-order valence-electron chi connectivity index (χ0n) is 18.8. The number of carbonyl (C=O) groups is 1. The van der Waals surface area contributed by atoms with Crippen molar-refractivity contribution in [1.82, 2.24) is 9.97 Å². The zero-order valence-corrected chi connectivity index (χ0v) is 18.8. The predicted octanol–water partition coefficient (Wildman–Crippen LogP) is 6.87. The molecule has 2 heterocycles. The summed E-state index contributed by atoms with van der Waals surface area (Å²) in [7, 11) is 0. The Hall–Kier alpha value is -4.78. The number of hydrogen-bond donors (Lipinski definition) is 2. The predicted molar refractivity (Wildman–Crippen MR) is 135 cm³/mol. The number of carbonyl (C=O) groups excluding carboxylic acids is 1. The summed E-state index contributed by atoms with van der Waals surface area (Å²) in [5, 5.41) is 6.82. The number of halogens is 1. The van der Waals surface area contributed by atoms with Gasteiger partial charge in [0.15, 0.2) is 0 Å². The number of hydrogen-bond acceptors (Lipinski definition) is 5. The molecule has 0 aliphatic rings. The van der Waals surface area contributed by atoms with E-state index in [2.05, 4.69) is 20.6 Å². The lowest BCUT2D eigenvalue weighted by atomic mass is 10.1. The third kappa shape index (κ3) is 5.25. The zero-order chi connectivity index (χ0) is 24.2. The molecule has 0 bridgehead atoms. The van der Waals surface area contributed by atoms with Crippen LogP contribution < -0.4 is 15.4 Å². The van der Waals surface area contributed by atoms with Gasteiger partial charge in [-0.1, -0.05) is 12.1 Å². The van der Waals surface area contributed by atoms with E-state index < -0.39 is 0 Å². The molecule has 0 saturated carbocycles. The lowest BCUT2D eigenvalue weighted by Crippen LogP contribution is -2.12. The van der Waals surface area contributed by atoms with Crippen LogP contribution in [0.4, 0.5) is 21.5 Å². The number of nitrogens with one attached hydrogen (secondary N) is 2. The van der Waals surface area contributed by atoms with E-state index in [4.69, 9.17) is 4.74 Å². The maximum absolute atomic E-state index is 13.8. The van der Waals surface area contributed by atoms with Gasteiger partial charge >= 0.3 is 0 Å². The molecule has 0 atom stereocenters. The van der Waals surface area contributed by atoms with Crippen molar-refractivity contribution in [2.45, 2.75) is 6.92 Å². The summed E-state index contributed by atoms with van der Waals surface area (Å²) >= 11 is 0. The molecule has 0 aliphatic carbocycles. The molecule has 172 valence electrons. The van der Waals surface area contributed by atoms with E-state index in [-0.39, 0.29) is 11.7 Å². The van der Waals surface area contributed by atoms with Crippen molar-refractivity contribution in [3.63, 3.8) is 0 Å². The maximum Gasteiger partial charge on any atom is 0.255 e. The Kier molecular flexibility index (Phi) is 6.05. The van der Waals surface area contributed by atoms with Gasteiger partial charge in [0, 0.05) is 58.2 Å². The summed E-state index contributed by atoms with van der Waals surface area (Å²) in [6.45, 7) is 1.89. The minimum Gasteiger partial charge on any atom is -0.457 e. The second kappa shape index (κ2) is 9.61. The van der Waals surface area contributed by atoms with Gasteiger partial charge in [-0.2, -0.15) is 0 Å². The van der Waals surface area contributed by atoms with Gasteiger partial charge in [0.2, 0.25) is 0 Å². The fourth-order valence-electron chi connectivity index (χ4n) is 3.68. The van der Waals surface area contributed by atoms with Crippen molar-refractivity contribution in [2.24, 2.45) is 0 Å². The first-order chi connectivity index (χ1) is 17.0. The first-order valence-electron chi connectivity index (χ1n) is 11.0. The Morgan fingerprint density at radius 2 is 1.63 bits per heavy atom. The van der Waals surface area contributed by atoms with E-state index in [1.54, 1.807) is 60.9 Å². The van der Waals surface area contributed by atoms with Crippen LogP contribution in [-0.2, 0) is 0 Å². The van der Waals surface area contributed by atoms with Gasteiger partial charge in [-0.15, -0.1) is 0 Å². The summed E-state index contributed by atoms with van der Waals surface area (Å²) in [6, 6.07) is 24.1. The van der Waals surface area contributed by atoms with Gasteiger partial charge in [-0.3, -0.25) is 14.8 Å². The van der Waals surface area contributed by atoms with Crippen molar-refractivity contribution in [3.8, 4) is 11.5 Å². The molecule has 0 fully saturated rings. The summed E-state index contributed by atoms with van der Waals surface area (Å²) in [5.41, 5.74) is 3.99. The molecule has 0 unspecified atom stereocenters. The molecule has 5 rings (SSSR count). The molecule has 0 spiro atoms. The Bertz CT molecular complexity index is 1540. The largest absolute Gasteiger partial charge is 0.457 e. The Morgan fingerprint density at radius 3 is 2.51 bits per heavy atom. The standard InChI is InChI=1S/C28H21FN4O2/c1-18-14-24(10-12-30-18)35-23-7-3-6-22(17-23)33-28(34)19-4-2-5-21(15-19)32-27-11-13-31-26-9-8-20(29)16-25(26)27/h2-17H,1H3,(H,31,32)(H,33,34). The van der Waals surface area contributed by atoms with Crippen molar-refractivity contribution in [1.29, 1.82) is 0 Å². The monoisotopic (exact) mass is 464 g/mol. The Balaban J connectivity index is 1.32. The third-order valence-electron chi connectivity index (χ3n) is 5.30. The number of rotatable bonds is 6. The van der Waals surface area contributed by atoms with Crippen LogP contribution in [0.1, 0.15) is 16.1 Å². The smallest absolute Gasteiger partial charge is 0.255 e. The van der Waals surface area contributed by atoms with E-state index in [0.717, 1.165) is 5.69 Å². The highest BCUT2D eigenvalue weighted by atomic mass is 19.1. The minimum atomic E-state index is -0.341. The molecule has 3 aromatic carbocycles. The van der Waals surface area contributed by atoms with Crippen LogP contribution in [-0.4, -0.2) is 15.9 Å². The first-order valence-corrected chi connectivity index (χ1v) is 11.0. The van der Waals surface area contributed by atoms with Crippen molar-refractivity contribution in [2.75, 3.05) is 10.6 Å². The molecule has 2 N–H and O–H groups in total. The molecule has 0 radical (unpaired) electrons. The SMILES string of the molecule is Cc1cc(Oc2cccc(NC(=O)c3cccc(Nc4ccnc5ccc(F)cc45)c3)c2)ccn1. The van der Waals surface area contributed by atoms with Crippen LogP contribution in [0, 0.1) is 12.7 Å². The fraction of sp³-hybridized carbons (Fsp3) is 0.0357. The molecule has 5 aromatic rings. The molecule has 35 heavy (non-hydrogen) atoms. The lowest BCUT2D eigenvalue weighted by molar-refractivity contribution is 0.102. The lowest BCUT2D eigenvalue weighted by Gasteiger charge is -2.12. The number of aromatic nitrogens is 2. The van der Waals surface area contributed by atoms with Crippen molar-refractivity contribution >= 4 is 33.9 Å². The normalized spacial score (nSPS) is 10.7. The number of anilines is 3. The van der Waals surface area contributed by atoms with Crippen molar-refractivity contribution < 1.29 is 13.9 Å². The molecular formula is C28H21FN4O2. The first kappa shape index (κ1) is 22.0. The van der Waals surface area contributed by atoms with E-state index in [1.807, 2.05) is 31.2 Å². The third-order valence-corrected chi connectivity index (χ3v) is 5.30. The highest BCUT2D eigenvalue weighted by Gasteiger charge is 2.10. The van der Waals surface area contributed by atoms with E-state index >= 15 is 0 Å². The van der Waals surface area contributed by atoms with E-state index in [0.29, 0.717) is 45.0 Å². The number of amides is 1. The average Bonchev–Trinajstić information content (AvgIpc) is 2.85. The van der Waals surface area contributed by atoms with Gasteiger partial charge in [-0.05, 0) is 67.6 Å². The number of ether oxygens (including phenoxy) is 1. The summed E-state index contributed by atoms with van der Waals surface area (Å²) < 4.78 is 19.7. The summed E-state index contributed by atoms with van der Waals surface area (Å²) in [6.07, 6.45) is 3.34. The second-order valence-corrected chi connectivity index (χ2v) is 7.94. The highest BCUT2D eigenvalue weighted by Crippen LogP contribution is 2.27. The number of nitrogens with zero attached hydrogens (tertiary/aromatic N) is 2. The van der Waals surface area contributed by atoms with Crippen LogP contribution >= 0.6 is 0 Å². The molecule has 0 aliphatic heterocycles. The molecule has 6 nitrogen and oxygen atoms in total. The second-order valence-electron chi connectivity index (χ2n) is 7.94. The topological polar surface area (TPSA) is 76.1 Å². The van der Waals surface area contributed by atoms with Crippen LogP contribution in [0.25, 0.3) is 10.9 Å². The van der Waals surface area contributed by atoms with Gasteiger partial charge in [0.05, 0.1) is 5.52 Å². The molecule has 0 saturated heterocycles. The number of fused-ring (bicyclic) bond motifs is 1. The van der Waals surface area contributed by atoms with Crippen LogP contribution in [0.3, 0.4) is 0 Å². The quantitative estimate of drug-likeness (QED) is 0.287. The van der Waals surface area contributed by atoms with Crippen LogP contribution in [0.2, 0.25) is 0 Å². The van der Waals surface area contributed by atoms with Gasteiger partial charge in [0.25, 0.3) is 5.91 Å².